The van der Waals surface area contributed by atoms with E-state index in [9.17, 15) is 4.39 Å². The monoisotopic (exact) mass is 384 g/mol. The van der Waals surface area contributed by atoms with Gasteiger partial charge in [-0.2, -0.15) is 0 Å². The molecule has 0 saturated heterocycles. The fourth-order valence-corrected chi connectivity index (χ4v) is 3.06. The summed E-state index contributed by atoms with van der Waals surface area (Å²) in [7, 11) is 0. The van der Waals surface area contributed by atoms with E-state index in [0.717, 1.165) is 15.6 Å². The summed E-state index contributed by atoms with van der Waals surface area (Å²) in [5, 5.41) is 0. The van der Waals surface area contributed by atoms with Crippen molar-refractivity contribution in [2.24, 2.45) is 5.84 Å². The molecule has 0 fully saturated rings. The number of hydrogen-bond donors (Lipinski definition) is 2. The van der Waals surface area contributed by atoms with E-state index in [-0.39, 0.29) is 11.9 Å². The Morgan fingerprint density at radius 2 is 1.90 bits per heavy atom. The lowest BCUT2D eigenvalue weighted by atomic mass is 9.97. The first-order valence-electron chi connectivity index (χ1n) is 6.48. The molecule has 2 aromatic carbocycles. The number of nitrogens with two attached hydrogens (primary N) is 1. The van der Waals surface area contributed by atoms with Gasteiger partial charge in [0.25, 0.3) is 0 Å². The maximum absolute atomic E-state index is 13.2. The minimum absolute atomic E-state index is 0.0235. The molecule has 2 rings (SSSR count). The average Bonchev–Trinajstić information content (AvgIpc) is 2.41. The molecule has 0 saturated carbocycles. The molecule has 0 aliphatic heterocycles. The van der Waals surface area contributed by atoms with Crippen molar-refractivity contribution in [3.05, 3.63) is 68.0 Å². The molecule has 106 valence electrons. The molecule has 4 heteroatoms. The fourth-order valence-electron chi connectivity index (χ4n) is 2.21. The van der Waals surface area contributed by atoms with E-state index in [1.165, 1.54) is 28.8 Å². The van der Waals surface area contributed by atoms with E-state index in [1.54, 1.807) is 6.07 Å². The molecule has 0 amide bonds. The maximum Gasteiger partial charge on any atom is 0.124 e. The van der Waals surface area contributed by atoms with Gasteiger partial charge in [0.1, 0.15) is 5.82 Å². The molecule has 1 atom stereocenters. The Bertz CT molecular complexity index is 613. The van der Waals surface area contributed by atoms with E-state index in [0.29, 0.717) is 0 Å². The molecule has 1 unspecified atom stereocenters. The standard InChI is InChI=1S/C16H18FIN2/c1-10-3-4-12(7-11(10)2)8-16(20-19)14-6-5-13(17)9-15(14)18/h3-7,9,16,20H,8,19H2,1-2H3. The largest absolute Gasteiger partial charge is 0.271 e. The van der Waals surface area contributed by atoms with Crippen LogP contribution in [0.2, 0.25) is 0 Å². The smallest absolute Gasteiger partial charge is 0.124 e. The topological polar surface area (TPSA) is 38.0 Å². The van der Waals surface area contributed by atoms with E-state index in [1.807, 2.05) is 0 Å². The van der Waals surface area contributed by atoms with Crippen molar-refractivity contribution in [1.82, 2.24) is 5.43 Å². The highest BCUT2D eigenvalue weighted by molar-refractivity contribution is 14.1. The molecule has 0 aliphatic rings. The number of rotatable bonds is 4. The number of aryl methyl sites for hydroxylation is 2. The van der Waals surface area contributed by atoms with Gasteiger partial charge in [0.05, 0.1) is 6.04 Å². The van der Waals surface area contributed by atoms with E-state index < -0.39 is 0 Å². The van der Waals surface area contributed by atoms with Crippen LogP contribution >= 0.6 is 22.6 Å². The summed E-state index contributed by atoms with van der Waals surface area (Å²) in [5.74, 6) is 5.46. The molecule has 0 spiro atoms. The van der Waals surface area contributed by atoms with Gasteiger partial charge in [0.15, 0.2) is 0 Å². The maximum atomic E-state index is 13.2. The second-order valence-electron chi connectivity index (χ2n) is 5.01. The van der Waals surface area contributed by atoms with Gasteiger partial charge in [-0.25, -0.2) is 4.39 Å². The molecule has 3 N–H and O–H groups in total. The van der Waals surface area contributed by atoms with E-state index in [4.69, 9.17) is 5.84 Å². The molecular formula is C16H18FIN2. The lowest BCUT2D eigenvalue weighted by molar-refractivity contribution is 0.546. The van der Waals surface area contributed by atoms with Crippen molar-refractivity contribution in [2.75, 3.05) is 0 Å². The second-order valence-corrected chi connectivity index (χ2v) is 6.17. The zero-order chi connectivity index (χ0) is 14.7. The van der Waals surface area contributed by atoms with Gasteiger partial charge in [-0.3, -0.25) is 11.3 Å². The first-order chi connectivity index (χ1) is 9.51. The summed E-state index contributed by atoms with van der Waals surface area (Å²) in [5.41, 5.74) is 7.62. The second kappa shape index (κ2) is 6.65. The van der Waals surface area contributed by atoms with Crippen LogP contribution in [0.1, 0.15) is 28.3 Å². The molecular weight excluding hydrogens is 366 g/mol. The summed E-state index contributed by atoms with van der Waals surface area (Å²) in [6.07, 6.45) is 0.777. The predicted molar refractivity (Wildman–Crippen MR) is 88.8 cm³/mol. The SMILES string of the molecule is Cc1ccc(CC(NN)c2ccc(F)cc2I)cc1C. The van der Waals surface area contributed by atoms with Gasteiger partial charge >= 0.3 is 0 Å². The van der Waals surface area contributed by atoms with Crippen molar-refractivity contribution in [2.45, 2.75) is 26.3 Å². The molecule has 0 aromatic heterocycles. The number of nitrogens with one attached hydrogen (secondary N) is 1. The van der Waals surface area contributed by atoms with Gasteiger partial charge < -0.3 is 0 Å². The molecule has 2 aromatic rings. The third-order valence-electron chi connectivity index (χ3n) is 3.55. The average molecular weight is 384 g/mol. The first-order valence-corrected chi connectivity index (χ1v) is 7.56. The molecule has 0 aliphatic carbocycles. The van der Waals surface area contributed by atoms with Gasteiger partial charge in [-0.15, -0.1) is 0 Å². The van der Waals surface area contributed by atoms with Gasteiger partial charge in [0.2, 0.25) is 0 Å². The minimum Gasteiger partial charge on any atom is -0.271 e. The van der Waals surface area contributed by atoms with Crippen LogP contribution in [0.15, 0.2) is 36.4 Å². The van der Waals surface area contributed by atoms with Crippen molar-refractivity contribution in [3.8, 4) is 0 Å². The third-order valence-corrected chi connectivity index (χ3v) is 4.48. The van der Waals surface area contributed by atoms with Crippen molar-refractivity contribution < 1.29 is 4.39 Å². The highest BCUT2D eigenvalue weighted by Crippen LogP contribution is 2.24. The fraction of sp³-hybridized carbons (Fsp3) is 0.250. The lowest BCUT2D eigenvalue weighted by Crippen LogP contribution is -2.30. The van der Waals surface area contributed by atoms with Crippen LogP contribution < -0.4 is 11.3 Å². The van der Waals surface area contributed by atoms with Gasteiger partial charge in [-0.1, -0.05) is 24.3 Å². The Morgan fingerprint density at radius 1 is 1.15 bits per heavy atom. The van der Waals surface area contributed by atoms with Crippen LogP contribution in [-0.2, 0) is 6.42 Å². The predicted octanol–water partition coefficient (Wildman–Crippen LogP) is 3.79. The van der Waals surface area contributed by atoms with Crippen LogP contribution in [0.4, 0.5) is 4.39 Å². The van der Waals surface area contributed by atoms with E-state index in [2.05, 4.69) is 60.1 Å². The summed E-state index contributed by atoms with van der Waals surface area (Å²) in [6, 6.07) is 11.2. The van der Waals surface area contributed by atoms with E-state index >= 15 is 0 Å². The Balaban J connectivity index is 2.26. The zero-order valence-corrected chi connectivity index (χ0v) is 13.7. The van der Waals surface area contributed by atoms with Crippen LogP contribution in [-0.4, -0.2) is 0 Å². The number of hydrogen-bond acceptors (Lipinski definition) is 2. The number of benzene rings is 2. The Labute approximate surface area is 132 Å². The van der Waals surface area contributed by atoms with Crippen LogP contribution in [0.25, 0.3) is 0 Å². The van der Waals surface area contributed by atoms with Crippen LogP contribution in [0.5, 0.6) is 0 Å². The molecule has 0 bridgehead atoms. The number of halogens is 2. The quantitative estimate of drug-likeness (QED) is 0.478. The molecule has 0 radical (unpaired) electrons. The van der Waals surface area contributed by atoms with Gasteiger partial charge in [-0.05, 0) is 77.2 Å². The molecule has 2 nitrogen and oxygen atoms in total. The minimum atomic E-state index is -0.222. The van der Waals surface area contributed by atoms with Crippen molar-refractivity contribution in [1.29, 1.82) is 0 Å². The zero-order valence-electron chi connectivity index (χ0n) is 11.6. The summed E-state index contributed by atoms with van der Waals surface area (Å²) in [6.45, 7) is 4.20. The van der Waals surface area contributed by atoms with Crippen LogP contribution in [0.3, 0.4) is 0 Å². The van der Waals surface area contributed by atoms with Crippen molar-refractivity contribution in [3.63, 3.8) is 0 Å². The third kappa shape index (κ3) is 3.56. The summed E-state index contributed by atoms with van der Waals surface area (Å²) >= 11 is 2.14. The lowest BCUT2D eigenvalue weighted by Gasteiger charge is -2.18. The summed E-state index contributed by atoms with van der Waals surface area (Å²) < 4.78 is 14.1. The Kier molecular flexibility index (Phi) is 5.12. The molecule has 0 heterocycles. The van der Waals surface area contributed by atoms with Crippen molar-refractivity contribution >= 4 is 22.6 Å². The van der Waals surface area contributed by atoms with Gasteiger partial charge in [0, 0.05) is 3.57 Å². The van der Waals surface area contributed by atoms with Crippen LogP contribution in [0, 0.1) is 23.2 Å². The Hall–Kier alpha value is -0.980. The number of hydrazine groups is 1. The highest BCUT2D eigenvalue weighted by Gasteiger charge is 2.14. The summed E-state index contributed by atoms with van der Waals surface area (Å²) in [4.78, 5) is 0. The normalized spacial score (nSPS) is 12.4. The molecule has 20 heavy (non-hydrogen) atoms. The highest BCUT2D eigenvalue weighted by atomic mass is 127. The Morgan fingerprint density at radius 3 is 2.50 bits per heavy atom. The first kappa shape index (κ1) is 15.4.